The van der Waals surface area contributed by atoms with Crippen LogP contribution in [0.2, 0.25) is 0 Å². The molecule has 2 aromatic rings. The molecule has 0 aromatic heterocycles. The summed E-state index contributed by atoms with van der Waals surface area (Å²) in [6.45, 7) is 5.69. The number of benzene rings is 2. The van der Waals surface area contributed by atoms with Gasteiger partial charge in [0.05, 0.1) is 10.1 Å². The Morgan fingerprint density at radius 1 is 1.00 bits per heavy atom. The second-order valence-corrected chi connectivity index (χ2v) is 11.0. The van der Waals surface area contributed by atoms with Crippen LogP contribution in [0.25, 0.3) is 0 Å². The van der Waals surface area contributed by atoms with Gasteiger partial charge in [-0.2, -0.15) is 4.31 Å². The van der Waals surface area contributed by atoms with Gasteiger partial charge in [-0.05, 0) is 42.0 Å². The zero-order chi connectivity index (χ0) is 21.6. The van der Waals surface area contributed by atoms with Gasteiger partial charge in [0.1, 0.15) is 0 Å². The van der Waals surface area contributed by atoms with E-state index in [1.54, 1.807) is 40.3 Å². The maximum absolute atomic E-state index is 12.7. The molecule has 1 fully saturated rings. The summed E-state index contributed by atoms with van der Waals surface area (Å²) in [6.07, 6.45) is 1.84. The average molecular weight is 447 g/mol. The summed E-state index contributed by atoms with van der Waals surface area (Å²) < 4.78 is 26.8. The van der Waals surface area contributed by atoms with Crippen LogP contribution in [0.5, 0.6) is 0 Å². The molecule has 0 saturated carbocycles. The summed E-state index contributed by atoms with van der Waals surface area (Å²) in [5.74, 6) is 1.02. The molecule has 7 heteroatoms. The van der Waals surface area contributed by atoms with Gasteiger partial charge in [0.15, 0.2) is 0 Å². The molecular formula is C23H30N2O3S2. The summed E-state index contributed by atoms with van der Waals surface area (Å²) in [7, 11) is -3.40. The maximum atomic E-state index is 12.7. The highest BCUT2D eigenvalue weighted by Crippen LogP contribution is 2.24. The van der Waals surface area contributed by atoms with E-state index in [9.17, 15) is 13.2 Å². The molecule has 5 nitrogen and oxygen atoms in total. The minimum absolute atomic E-state index is 0.0136. The fraction of sp³-hybridized carbons (Fsp3) is 0.435. The molecule has 2 aromatic carbocycles. The smallest absolute Gasteiger partial charge is 0.243 e. The number of rotatable bonds is 9. The van der Waals surface area contributed by atoms with Gasteiger partial charge < -0.3 is 5.32 Å². The van der Waals surface area contributed by atoms with Crippen LogP contribution in [0, 0.1) is 5.92 Å². The molecular weight excluding hydrogens is 416 g/mol. The van der Waals surface area contributed by atoms with Crippen LogP contribution in [0.1, 0.15) is 37.8 Å². The molecule has 1 heterocycles. The molecule has 1 aliphatic rings. The molecule has 30 heavy (non-hydrogen) atoms. The molecule has 0 spiro atoms. The fourth-order valence-electron chi connectivity index (χ4n) is 3.48. The molecule has 1 atom stereocenters. The lowest BCUT2D eigenvalue weighted by Crippen LogP contribution is -2.35. The zero-order valence-electron chi connectivity index (χ0n) is 17.6. The third-order valence-electron chi connectivity index (χ3n) is 5.23. The molecule has 0 bridgehead atoms. The van der Waals surface area contributed by atoms with Gasteiger partial charge >= 0.3 is 0 Å². The quantitative estimate of drug-likeness (QED) is 0.631. The number of nitrogens with zero attached hydrogens (tertiary/aromatic N) is 1. The van der Waals surface area contributed by atoms with E-state index in [1.165, 1.54) is 5.56 Å². The molecule has 1 N–H and O–H groups in total. The van der Waals surface area contributed by atoms with Crippen molar-refractivity contribution in [3.63, 3.8) is 0 Å². The standard InChI is InChI=1S/C23H30N2O3S2/c1-18(2)22(29-17-20-8-4-3-5-9-20)23(26)24-16-19-10-12-21(13-11-19)30(27,28)25-14-6-7-15-25/h3-5,8-13,18,22H,6-7,14-17H2,1-2H3,(H,24,26). The molecule has 162 valence electrons. The van der Waals surface area contributed by atoms with Gasteiger partial charge in [0.2, 0.25) is 15.9 Å². The van der Waals surface area contributed by atoms with E-state index < -0.39 is 10.0 Å². The number of hydrogen-bond acceptors (Lipinski definition) is 4. The van der Waals surface area contributed by atoms with Crippen molar-refractivity contribution in [2.75, 3.05) is 13.1 Å². The Kier molecular flexibility index (Phi) is 7.97. The van der Waals surface area contributed by atoms with Crippen molar-refractivity contribution in [2.24, 2.45) is 5.92 Å². The van der Waals surface area contributed by atoms with E-state index in [0.717, 1.165) is 24.2 Å². The first-order chi connectivity index (χ1) is 14.4. The largest absolute Gasteiger partial charge is 0.351 e. The minimum Gasteiger partial charge on any atom is -0.351 e. The van der Waals surface area contributed by atoms with E-state index in [1.807, 2.05) is 18.2 Å². The highest BCUT2D eigenvalue weighted by molar-refractivity contribution is 7.99. The summed E-state index contributed by atoms with van der Waals surface area (Å²) in [6, 6.07) is 17.0. The summed E-state index contributed by atoms with van der Waals surface area (Å²) in [5.41, 5.74) is 2.09. The van der Waals surface area contributed by atoms with Gasteiger partial charge in [0, 0.05) is 25.4 Å². The van der Waals surface area contributed by atoms with Crippen LogP contribution in [0.15, 0.2) is 59.5 Å². The Morgan fingerprint density at radius 3 is 2.23 bits per heavy atom. The lowest BCUT2D eigenvalue weighted by Gasteiger charge is -2.20. The Bertz CT molecular complexity index is 923. The second-order valence-electron chi connectivity index (χ2n) is 7.93. The first-order valence-corrected chi connectivity index (χ1v) is 12.9. The Hall–Kier alpha value is -1.83. The third kappa shape index (κ3) is 5.86. The van der Waals surface area contributed by atoms with Crippen LogP contribution >= 0.6 is 11.8 Å². The molecule has 1 aliphatic heterocycles. The SMILES string of the molecule is CC(C)C(SCc1ccccc1)C(=O)NCc1ccc(S(=O)(=O)N2CCCC2)cc1. The summed E-state index contributed by atoms with van der Waals surface area (Å²) in [4.78, 5) is 13.1. The number of amides is 1. The van der Waals surface area contributed by atoms with Crippen molar-refractivity contribution in [1.82, 2.24) is 9.62 Å². The number of carbonyl (C=O) groups excluding carboxylic acids is 1. The number of sulfonamides is 1. The van der Waals surface area contributed by atoms with Gasteiger partial charge in [-0.15, -0.1) is 11.8 Å². The highest BCUT2D eigenvalue weighted by atomic mass is 32.2. The fourth-order valence-corrected chi connectivity index (χ4v) is 6.18. The van der Waals surface area contributed by atoms with Crippen LogP contribution in [-0.2, 0) is 27.1 Å². The Balaban J connectivity index is 1.56. The predicted octanol–water partition coefficient (Wildman–Crippen LogP) is 4.05. The maximum Gasteiger partial charge on any atom is 0.243 e. The Labute approximate surface area is 184 Å². The summed E-state index contributed by atoms with van der Waals surface area (Å²) >= 11 is 1.65. The molecule has 1 amide bonds. The first kappa shape index (κ1) is 22.8. The lowest BCUT2D eigenvalue weighted by atomic mass is 10.1. The van der Waals surface area contributed by atoms with Crippen LogP contribution in [0.4, 0.5) is 0 Å². The monoisotopic (exact) mass is 446 g/mol. The second kappa shape index (κ2) is 10.5. The van der Waals surface area contributed by atoms with E-state index in [-0.39, 0.29) is 17.1 Å². The van der Waals surface area contributed by atoms with Gasteiger partial charge in [0.25, 0.3) is 0 Å². The molecule has 0 aliphatic carbocycles. The number of carbonyl (C=O) groups is 1. The summed E-state index contributed by atoms with van der Waals surface area (Å²) in [5, 5.41) is 2.87. The van der Waals surface area contributed by atoms with Crippen molar-refractivity contribution in [1.29, 1.82) is 0 Å². The van der Waals surface area contributed by atoms with Gasteiger partial charge in [-0.25, -0.2) is 8.42 Å². The van der Waals surface area contributed by atoms with E-state index in [2.05, 4.69) is 31.3 Å². The van der Waals surface area contributed by atoms with Crippen LogP contribution in [0.3, 0.4) is 0 Å². The first-order valence-electron chi connectivity index (χ1n) is 10.4. The number of nitrogens with one attached hydrogen (secondary N) is 1. The number of thioether (sulfide) groups is 1. The van der Waals surface area contributed by atoms with Gasteiger partial charge in [-0.3, -0.25) is 4.79 Å². The average Bonchev–Trinajstić information content (AvgIpc) is 3.29. The van der Waals surface area contributed by atoms with Gasteiger partial charge in [-0.1, -0.05) is 56.3 Å². The normalized spacial score (nSPS) is 16.0. The predicted molar refractivity (Wildman–Crippen MR) is 123 cm³/mol. The zero-order valence-corrected chi connectivity index (χ0v) is 19.2. The molecule has 1 saturated heterocycles. The molecule has 3 rings (SSSR count). The van der Waals surface area contributed by atoms with Crippen molar-refractivity contribution >= 4 is 27.7 Å². The van der Waals surface area contributed by atoms with Crippen LogP contribution < -0.4 is 5.32 Å². The van der Waals surface area contributed by atoms with Crippen molar-refractivity contribution < 1.29 is 13.2 Å². The molecule has 1 unspecified atom stereocenters. The minimum atomic E-state index is -3.40. The Morgan fingerprint density at radius 2 is 1.63 bits per heavy atom. The third-order valence-corrected chi connectivity index (χ3v) is 8.76. The highest BCUT2D eigenvalue weighted by Gasteiger charge is 2.27. The van der Waals surface area contributed by atoms with E-state index in [0.29, 0.717) is 24.5 Å². The van der Waals surface area contributed by atoms with Crippen molar-refractivity contribution in [3.05, 3.63) is 65.7 Å². The van der Waals surface area contributed by atoms with Crippen molar-refractivity contribution in [2.45, 2.75) is 49.1 Å². The van der Waals surface area contributed by atoms with Crippen molar-refractivity contribution in [3.8, 4) is 0 Å². The molecule has 0 radical (unpaired) electrons. The van der Waals surface area contributed by atoms with Crippen LogP contribution in [-0.4, -0.2) is 37.0 Å². The van der Waals surface area contributed by atoms with E-state index >= 15 is 0 Å². The topological polar surface area (TPSA) is 66.5 Å². The lowest BCUT2D eigenvalue weighted by molar-refractivity contribution is -0.121. The number of hydrogen-bond donors (Lipinski definition) is 1. The van der Waals surface area contributed by atoms with E-state index in [4.69, 9.17) is 0 Å².